The maximum atomic E-state index is 12.2. The molecule has 0 fully saturated rings. The molecule has 1 aromatic carbocycles. The lowest BCUT2D eigenvalue weighted by atomic mass is 10.1. The number of benzene rings is 1. The number of carbonyl (C=O) groups excluding carboxylic acids is 1. The molecule has 1 aromatic heterocycles. The third kappa shape index (κ3) is 3.46. The molecule has 0 aliphatic heterocycles. The number of hydrogen-bond donors (Lipinski definition) is 3. The fraction of sp³-hybridized carbons (Fsp3) is 0.200. The van der Waals surface area contributed by atoms with Crippen molar-refractivity contribution >= 4 is 29.3 Å². The molecule has 0 bridgehead atoms. The molecule has 0 unspecified atom stereocenters. The van der Waals surface area contributed by atoms with E-state index in [1.54, 1.807) is 24.8 Å². The van der Waals surface area contributed by atoms with Gasteiger partial charge in [0.05, 0.1) is 5.69 Å². The Morgan fingerprint density at radius 3 is 2.81 bits per heavy atom. The van der Waals surface area contributed by atoms with E-state index in [0.29, 0.717) is 11.3 Å². The van der Waals surface area contributed by atoms with E-state index >= 15 is 0 Å². The van der Waals surface area contributed by atoms with Crippen LogP contribution in [0.25, 0.3) is 0 Å². The number of amides is 1. The lowest BCUT2D eigenvalue weighted by molar-refractivity contribution is 0.0697. The summed E-state index contributed by atoms with van der Waals surface area (Å²) in [5.74, 6) is -0.565. The van der Waals surface area contributed by atoms with E-state index in [1.165, 1.54) is 6.20 Å². The third-order valence-electron chi connectivity index (χ3n) is 3.04. The van der Waals surface area contributed by atoms with Crippen LogP contribution in [0.4, 0.5) is 5.69 Å². The van der Waals surface area contributed by atoms with Gasteiger partial charge < -0.3 is 15.4 Å². The zero-order chi connectivity index (χ0) is 15.4. The van der Waals surface area contributed by atoms with Gasteiger partial charge in [0.1, 0.15) is 5.56 Å². The Morgan fingerprint density at radius 2 is 2.14 bits per heavy atom. The van der Waals surface area contributed by atoms with Gasteiger partial charge in [0.25, 0.3) is 5.91 Å². The molecule has 2 aromatic rings. The van der Waals surface area contributed by atoms with Crippen LogP contribution in [0.3, 0.4) is 0 Å². The van der Waals surface area contributed by atoms with Crippen molar-refractivity contribution in [3.05, 3.63) is 52.8 Å². The molecule has 0 radical (unpaired) electrons. The van der Waals surface area contributed by atoms with Gasteiger partial charge in [-0.2, -0.15) is 11.8 Å². The number of carboxylic acid groups (broad SMARTS) is 1. The highest BCUT2D eigenvalue weighted by Crippen LogP contribution is 2.20. The molecule has 0 saturated carbocycles. The van der Waals surface area contributed by atoms with E-state index in [9.17, 15) is 9.59 Å². The summed E-state index contributed by atoms with van der Waals surface area (Å²) in [6, 6.07) is 7.29. The molecular weight excluding hydrogens is 288 g/mol. The number of aryl methyl sites for hydroxylation is 1. The number of nitrogens with one attached hydrogen (secondary N) is 2. The third-order valence-corrected chi connectivity index (χ3v) is 3.66. The summed E-state index contributed by atoms with van der Waals surface area (Å²) in [4.78, 5) is 26.2. The van der Waals surface area contributed by atoms with E-state index in [0.717, 1.165) is 11.3 Å². The molecule has 3 N–H and O–H groups in total. The van der Waals surface area contributed by atoms with Crippen molar-refractivity contribution in [1.82, 2.24) is 4.98 Å². The summed E-state index contributed by atoms with van der Waals surface area (Å²) >= 11 is 1.67. The van der Waals surface area contributed by atoms with Crippen LogP contribution in [0.2, 0.25) is 0 Å². The fourth-order valence-electron chi connectivity index (χ4n) is 2.06. The first kappa shape index (κ1) is 15.2. The van der Waals surface area contributed by atoms with Crippen molar-refractivity contribution < 1.29 is 14.7 Å². The van der Waals surface area contributed by atoms with Crippen LogP contribution < -0.4 is 5.32 Å². The minimum absolute atomic E-state index is 0.0867. The minimum atomic E-state index is -1.07. The number of aromatic carboxylic acids is 1. The fourth-order valence-corrected chi connectivity index (χ4v) is 2.58. The molecule has 0 spiro atoms. The highest BCUT2D eigenvalue weighted by Gasteiger charge is 2.17. The van der Waals surface area contributed by atoms with Gasteiger partial charge in [0.15, 0.2) is 0 Å². The normalized spacial score (nSPS) is 10.4. The molecule has 0 saturated heterocycles. The predicted octanol–water partition coefficient (Wildman–Crippen LogP) is 3.14. The summed E-state index contributed by atoms with van der Waals surface area (Å²) in [5, 5.41) is 11.8. The Balaban J connectivity index is 2.22. The largest absolute Gasteiger partial charge is 0.478 e. The van der Waals surface area contributed by atoms with Crippen LogP contribution in [-0.2, 0) is 5.75 Å². The minimum Gasteiger partial charge on any atom is -0.478 e. The number of aromatic amines is 1. The average Bonchev–Trinajstić information content (AvgIpc) is 2.80. The average molecular weight is 304 g/mol. The maximum absolute atomic E-state index is 12.2. The van der Waals surface area contributed by atoms with E-state index in [1.807, 2.05) is 24.5 Å². The van der Waals surface area contributed by atoms with E-state index in [-0.39, 0.29) is 17.2 Å². The number of rotatable bonds is 5. The number of aromatic nitrogens is 1. The molecule has 1 heterocycles. The second-order valence-corrected chi connectivity index (χ2v) is 5.46. The highest BCUT2D eigenvalue weighted by atomic mass is 32.2. The van der Waals surface area contributed by atoms with Crippen molar-refractivity contribution in [3.63, 3.8) is 0 Å². The first-order valence-corrected chi connectivity index (χ1v) is 7.72. The molecule has 2 rings (SSSR count). The van der Waals surface area contributed by atoms with Gasteiger partial charge in [-0.1, -0.05) is 12.1 Å². The summed E-state index contributed by atoms with van der Waals surface area (Å²) in [5.41, 5.74) is 2.44. The van der Waals surface area contributed by atoms with Crippen LogP contribution in [0.5, 0.6) is 0 Å². The van der Waals surface area contributed by atoms with E-state index in [4.69, 9.17) is 5.11 Å². The molecule has 21 heavy (non-hydrogen) atoms. The molecule has 0 atom stereocenters. The lowest BCUT2D eigenvalue weighted by Gasteiger charge is -2.06. The first-order valence-electron chi connectivity index (χ1n) is 6.33. The Kier molecular flexibility index (Phi) is 4.70. The summed E-state index contributed by atoms with van der Waals surface area (Å²) < 4.78 is 0. The Labute approximate surface area is 126 Å². The Hall–Kier alpha value is -2.21. The zero-order valence-electron chi connectivity index (χ0n) is 11.8. The molecule has 1 amide bonds. The monoisotopic (exact) mass is 304 g/mol. The van der Waals surface area contributed by atoms with Crippen molar-refractivity contribution in [1.29, 1.82) is 0 Å². The van der Waals surface area contributed by atoms with Gasteiger partial charge in [-0.3, -0.25) is 4.79 Å². The number of H-pyrrole nitrogens is 1. The molecule has 6 heteroatoms. The summed E-state index contributed by atoms with van der Waals surface area (Å²) in [6.07, 6.45) is 3.48. The lowest BCUT2D eigenvalue weighted by Crippen LogP contribution is -2.14. The molecule has 0 aliphatic carbocycles. The Bertz CT molecular complexity index is 679. The van der Waals surface area contributed by atoms with Crippen molar-refractivity contribution in [2.75, 3.05) is 11.6 Å². The van der Waals surface area contributed by atoms with Gasteiger partial charge in [-0.05, 0) is 30.9 Å². The second kappa shape index (κ2) is 6.49. The SMILES string of the molecule is CSCc1cccc(C(=O)Nc2c[nH]c(C)c2C(=O)O)c1. The zero-order valence-corrected chi connectivity index (χ0v) is 12.6. The number of hydrogen-bond acceptors (Lipinski definition) is 3. The van der Waals surface area contributed by atoms with Gasteiger partial charge in [0.2, 0.25) is 0 Å². The van der Waals surface area contributed by atoms with Crippen LogP contribution >= 0.6 is 11.8 Å². The molecule has 5 nitrogen and oxygen atoms in total. The van der Waals surface area contributed by atoms with E-state index < -0.39 is 5.97 Å². The molecular formula is C15H16N2O3S. The van der Waals surface area contributed by atoms with Crippen LogP contribution in [-0.4, -0.2) is 28.2 Å². The number of carbonyl (C=O) groups is 2. The van der Waals surface area contributed by atoms with Gasteiger partial charge in [-0.25, -0.2) is 4.79 Å². The topological polar surface area (TPSA) is 82.2 Å². The first-order chi connectivity index (χ1) is 10.0. The summed E-state index contributed by atoms with van der Waals surface area (Å²) in [6.45, 7) is 1.65. The highest BCUT2D eigenvalue weighted by molar-refractivity contribution is 7.97. The maximum Gasteiger partial charge on any atom is 0.339 e. The van der Waals surface area contributed by atoms with Gasteiger partial charge >= 0.3 is 5.97 Å². The number of carboxylic acids is 1. The standard InChI is InChI=1S/C15H16N2O3S/c1-9-13(15(19)20)12(7-16-9)17-14(18)11-5-3-4-10(6-11)8-21-2/h3-7,16H,8H2,1-2H3,(H,17,18)(H,19,20). The smallest absolute Gasteiger partial charge is 0.339 e. The molecule has 0 aliphatic rings. The van der Waals surface area contributed by atoms with Crippen molar-refractivity contribution in [2.45, 2.75) is 12.7 Å². The Morgan fingerprint density at radius 1 is 1.38 bits per heavy atom. The summed E-state index contributed by atoms with van der Waals surface area (Å²) in [7, 11) is 0. The van der Waals surface area contributed by atoms with Gasteiger partial charge in [0, 0.05) is 23.2 Å². The van der Waals surface area contributed by atoms with Crippen molar-refractivity contribution in [3.8, 4) is 0 Å². The molecule has 110 valence electrons. The van der Waals surface area contributed by atoms with Gasteiger partial charge in [-0.15, -0.1) is 0 Å². The number of thioether (sulfide) groups is 1. The van der Waals surface area contributed by atoms with Crippen LogP contribution in [0, 0.1) is 6.92 Å². The predicted molar refractivity (Wildman–Crippen MR) is 84.1 cm³/mol. The van der Waals surface area contributed by atoms with E-state index in [2.05, 4.69) is 10.3 Å². The number of anilines is 1. The van der Waals surface area contributed by atoms with Crippen LogP contribution in [0.15, 0.2) is 30.5 Å². The van der Waals surface area contributed by atoms with Crippen molar-refractivity contribution in [2.24, 2.45) is 0 Å². The second-order valence-electron chi connectivity index (χ2n) is 4.60. The quantitative estimate of drug-likeness (QED) is 0.792. The van der Waals surface area contributed by atoms with Crippen LogP contribution in [0.1, 0.15) is 32.0 Å².